The third-order valence-electron chi connectivity index (χ3n) is 3.43. The Morgan fingerprint density at radius 1 is 0.952 bits per heavy atom. The minimum absolute atomic E-state index is 0.0711. The van der Waals surface area contributed by atoms with Crippen LogP contribution < -0.4 is 4.28 Å². The standard InChI is InChI=1S/C15H28N2O3S/c1-2-3-4-5-6-7-8-9-10-11-14-21(18,19)20-17-13-12-16-15-17/h12-13,15H,2-11,14H2,1H3. The number of hydrogen-bond donors (Lipinski definition) is 0. The molecule has 0 unspecified atom stereocenters. The largest absolute Gasteiger partial charge is 0.327 e. The summed E-state index contributed by atoms with van der Waals surface area (Å²) in [4.78, 5) is 3.74. The van der Waals surface area contributed by atoms with Crippen LogP contribution >= 0.6 is 0 Å². The van der Waals surface area contributed by atoms with E-state index < -0.39 is 10.1 Å². The monoisotopic (exact) mass is 316 g/mol. The van der Waals surface area contributed by atoms with Crippen molar-refractivity contribution in [1.29, 1.82) is 0 Å². The summed E-state index contributed by atoms with van der Waals surface area (Å²) in [6.07, 6.45) is 16.1. The molecule has 0 aliphatic carbocycles. The van der Waals surface area contributed by atoms with E-state index in [1.165, 1.54) is 63.7 Å². The molecule has 1 rings (SSSR count). The Labute approximate surface area is 128 Å². The van der Waals surface area contributed by atoms with Gasteiger partial charge in [0, 0.05) is 6.20 Å². The summed E-state index contributed by atoms with van der Waals surface area (Å²) in [5.74, 6) is 0.0711. The molecule has 5 nitrogen and oxygen atoms in total. The van der Waals surface area contributed by atoms with Crippen LogP contribution in [0.5, 0.6) is 0 Å². The molecule has 0 saturated heterocycles. The van der Waals surface area contributed by atoms with E-state index >= 15 is 0 Å². The Kier molecular flexibility index (Phi) is 9.14. The molecule has 0 fully saturated rings. The van der Waals surface area contributed by atoms with Gasteiger partial charge in [0.2, 0.25) is 0 Å². The highest BCUT2D eigenvalue weighted by Crippen LogP contribution is 2.11. The van der Waals surface area contributed by atoms with Crippen molar-refractivity contribution in [2.45, 2.75) is 71.1 Å². The van der Waals surface area contributed by atoms with Crippen molar-refractivity contribution >= 4 is 10.1 Å². The maximum atomic E-state index is 11.7. The maximum Gasteiger partial charge on any atom is 0.327 e. The van der Waals surface area contributed by atoms with Gasteiger partial charge in [0.15, 0.2) is 0 Å². The first kappa shape index (κ1) is 18.0. The summed E-state index contributed by atoms with van der Waals surface area (Å²) >= 11 is 0. The zero-order chi connectivity index (χ0) is 15.4. The maximum absolute atomic E-state index is 11.7. The van der Waals surface area contributed by atoms with Crippen molar-refractivity contribution in [1.82, 2.24) is 9.71 Å². The van der Waals surface area contributed by atoms with E-state index in [1.54, 1.807) is 0 Å². The number of aromatic nitrogens is 2. The van der Waals surface area contributed by atoms with Gasteiger partial charge in [0.05, 0.1) is 11.9 Å². The van der Waals surface area contributed by atoms with E-state index in [1.807, 2.05) is 0 Å². The molecule has 0 N–H and O–H groups in total. The molecular formula is C15H28N2O3S. The van der Waals surface area contributed by atoms with Crippen LogP contribution in [0.25, 0.3) is 0 Å². The number of unbranched alkanes of at least 4 members (excludes halogenated alkanes) is 9. The Hall–Kier alpha value is -1.04. The summed E-state index contributed by atoms with van der Waals surface area (Å²) < 4.78 is 29.3. The van der Waals surface area contributed by atoms with E-state index in [2.05, 4.69) is 11.9 Å². The molecule has 21 heavy (non-hydrogen) atoms. The van der Waals surface area contributed by atoms with Crippen LogP contribution in [0.15, 0.2) is 18.7 Å². The van der Waals surface area contributed by atoms with Gasteiger partial charge in [-0.2, -0.15) is 13.1 Å². The predicted octanol–water partition coefficient (Wildman–Crippen LogP) is 3.56. The molecule has 0 saturated carbocycles. The van der Waals surface area contributed by atoms with Gasteiger partial charge in [0.25, 0.3) is 0 Å². The topological polar surface area (TPSA) is 61.2 Å². The molecule has 0 aliphatic heterocycles. The molecule has 122 valence electrons. The van der Waals surface area contributed by atoms with Crippen molar-refractivity contribution in [2.75, 3.05) is 5.75 Å². The normalized spacial score (nSPS) is 11.7. The van der Waals surface area contributed by atoms with Crippen LogP contribution in [0, 0.1) is 0 Å². The average molecular weight is 316 g/mol. The zero-order valence-electron chi connectivity index (χ0n) is 13.0. The lowest BCUT2D eigenvalue weighted by Crippen LogP contribution is -2.21. The fourth-order valence-corrected chi connectivity index (χ4v) is 3.21. The predicted molar refractivity (Wildman–Crippen MR) is 84.4 cm³/mol. The Morgan fingerprint density at radius 3 is 2.05 bits per heavy atom. The van der Waals surface area contributed by atoms with Gasteiger partial charge in [0.1, 0.15) is 6.33 Å². The van der Waals surface area contributed by atoms with E-state index in [0.717, 1.165) is 17.6 Å². The first-order chi connectivity index (χ1) is 10.1. The molecule has 0 atom stereocenters. The van der Waals surface area contributed by atoms with Crippen LogP contribution in [0.1, 0.15) is 71.1 Å². The first-order valence-electron chi connectivity index (χ1n) is 8.04. The van der Waals surface area contributed by atoms with E-state index in [-0.39, 0.29) is 5.75 Å². The molecule has 0 aromatic carbocycles. The summed E-state index contributed by atoms with van der Waals surface area (Å²) in [5.41, 5.74) is 0. The quantitative estimate of drug-likeness (QED) is 0.522. The summed E-state index contributed by atoms with van der Waals surface area (Å²) in [5, 5.41) is 0. The van der Waals surface area contributed by atoms with Crippen LogP contribution in [0.2, 0.25) is 0 Å². The van der Waals surface area contributed by atoms with E-state index in [9.17, 15) is 8.42 Å². The van der Waals surface area contributed by atoms with Crippen molar-refractivity contribution in [3.8, 4) is 0 Å². The van der Waals surface area contributed by atoms with E-state index in [0.29, 0.717) is 6.42 Å². The van der Waals surface area contributed by atoms with Crippen LogP contribution in [-0.4, -0.2) is 23.9 Å². The third-order valence-corrected chi connectivity index (χ3v) is 4.62. The molecular weight excluding hydrogens is 288 g/mol. The van der Waals surface area contributed by atoms with Crippen molar-refractivity contribution < 1.29 is 12.7 Å². The van der Waals surface area contributed by atoms with Gasteiger partial charge in [-0.05, 0) is 6.42 Å². The number of imidazole rings is 1. The highest BCUT2D eigenvalue weighted by atomic mass is 32.2. The molecule has 1 heterocycles. The van der Waals surface area contributed by atoms with Gasteiger partial charge in [-0.1, -0.05) is 64.7 Å². The van der Waals surface area contributed by atoms with Gasteiger partial charge in [-0.3, -0.25) is 4.28 Å². The second-order valence-corrected chi connectivity index (χ2v) is 7.11. The molecule has 0 spiro atoms. The molecule has 6 heteroatoms. The second-order valence-electron chi connectivity index (χ2n) is 5.44. The number of rotatable bonds is 13. The van der Waals surface area contributed by atoms with Crippen LogP contribution in [-0.2, 0) is 10.1 Å². The van der Waals surface area contributed by atoms with E-state index in [4.69, 9.17) is 4.28 Å². The Morgan fingerprint density at radius 2 is 1.52 bits per heavy atom. The average Bonchev–Trinajstić information content (AvgIpc) is 2.93. The van der Waals surface area contributed by atoms with Crippen molar-refractivity contribution in [3.05, 3.63) is 18.7 Å². The number of hydrogen-bond acceptors (Lipinski definition) is 4. The summed E-state index contributed by atoms with van der Waals surface area (Å²) in [7, 11) is -3.49. The minimum atomic E-state index is -3.49. The van der Waals surface area contributed by atoms with Crippen molar-refractivity contribution in [3.63, 3.8) is 0 Å². The Balaban J connectivity index is 1.96. The SMILES string of the molecule is CCCCCCCCCCCCS(=O)(=O)On1ccnc1. The lowest BCUT2D eigenvalue weighted by atomic mass is 10.1. The molecule has 0 radical (unpaired) electrons. The third kappa shape index (κ3) is 9.50. The van der Waals surface area contributed by atoms with Gasteiger partial charge >= 0.3 is 10.1 Å². The molecule has 0 bridgehead atoms. The Bertz CT molecular complexity index is 443. The van der Waals surface area contributed by atoms with Gasteiger partial charge < -0.3 is 0 Å². The van der Waals surface area contributed by atoms with Gasteiger partial charge in [-0.25, -0.2) is 4.98 Å². The fourth-order valence-electron chi connectivity index (χ4n) is 2.23. The molecule has 0 aliphatic rings. The van der Waals surface area contributed by atoms with Crippen LogP contribution in [0.3, 0.4) is 0 Å². The molecule has 0 amide bonds. The van der Waals surface area contributed by atoms with Crippen LogP contribution in [0.4, 0.5) is 0 Å². The highest BCUT2D eigenvalue weighted by Gasteiger charge is 2.12. The fraction of sp³-hybridized carbons (Fsp3) is 0.800. The molecule has 1 aromatic rings. The van der Waals surface area contributed by atoms with Crippen molar-refractivity contribution in [2.24, 2.45) is 0 Å². The summed E-state index contributed by atoms with van der Waals surface area (Å²) in [6.45, 7) is 2.23. The smallest absolute Gasteiger partial charge is 0.286 e. The summed E-state index contributed by atoms with van der Waals surface area (Å²) in [6, 6.07) is 0. The zero-order valence-corrected chi connectivity index (χ0v) is 13.9. The molecule has 1 aromatic heterocycles. The lowest BCUT2D eigenvalue weighted by Gasteiger charge is -2.06. The highest BCUT2D eigenvalue weighted by molar-refractivity contribution is 7.86. The number of nitrogens with zero attached hydrogens (tertiary/aromatic N) is 2. The second kappa shape index (κ2) is 10.7. The van der Waals surface area contributed by atoms with Gasteiger partial charge in [-0.15, -0.1) is 0 Å². The lowest BCUT2D eigenvalue weighted by molar-refractivity contribution is 0.278. The first-order valence-corrected chi connectivity index (χ1v) is 9.62. The minimum Gasteiger partial charge on any atom is -0.286 e.